The van der Waals surface area contributed by atoms with Crippen molar-refractivity contribution in [3.05, 3.63) is 115 Å². The minimum atomic E-state index is -0.0447. The molecule has 7 aromatic rings. The van der Waals surface area contributed by atoms with Crippen LogP contribution in [0.3, 0.4) is 0 Å². The highest BCUT2D eigenvalue weighted by atomic mass is 16.5. The molecule has 3 aromatic heterocycles. The van der Waals surface area contributed by atoms with Crippen LogP contribution >= 0.6 is 0 Å². The third-order valence-electron chi connectivity index (χ3n) is 8.87. The van der Waals surface area contributed by atoms with Crippen LogP contribution in [-0.4, -0.2) is 27.8 Å². The number of rotatable bonds is 4. The maximum absolute atomic E-state index is 6.72. The SMILES string of the molecule is CN1CN(c2cc(Oc3ccc4c5ccccc5n(-c5cc6c(ccn6C)cn5)c4c3)cc(C(C)(C)C)c2)c2ccccc21. The molecule has 0 N–H and O–H groups in total. The molecule has 6 nitrogen and oxygen atoms in total. The predicted octanol–water partition coefficient (Wildman–Crippen LogP) is 9.31. The Bertz CT molecular complexity index is 2220. The first-order valence-corrected chi connectivity index (χ1v) is 15.1. The van der Waals surface area contributed by atoms with E-state index in [4.69, 9.17) is 9.72 Å². The van der Waals surface area contributed by atoms with Gasteiger partial charge in [-0.25, -0.2) is 4.98 Å². The maximum atomic E-state index is 6.72. The van der Waals surface area contributed by atoms with Crippen LogP contribution in [0.4, 0.5) is 17.1 Å². The number of aryl methyl sites for hydroxylation is 1. The molecule has 44 heavy (non-hydrogen) atoms. The zero-order valence-electron chi connectivity index (χ0n) is 25.7. The van der Waals surface area contributed by atoms with Gasteiger partial charge in [0.1, 0.15) is 17.3 Å². The van der Waals surface area contributed by atoms with Gasteiger partial charge in [-0.2, -0.15) is 0 Å². The number of benzene rings is 4. The van der Waals surface area contributed by atoms with Crippen LogP contribution in [0, 0.1) is 0 Å². The zero-order valence-corrected chi connectivity index (χ0v) is 25.7. The third kappa shape index (κ3) is 4.21. The van der Waals surface area contributed by atoms with Crippen LogP contribution in [0.2, 0.25) is 0 Å². The summed E-state index contributed by atoms with van der Waals surface area (Å²) >= 11 is 0. The number of fused-ring (bicyclic) bond motifs is 5. The topological polar surface area (TPSA) is 38.5 Å². The number of aromatic nitrogens is 3. The Kier molecular flexibility index (Phi) is 5.79. The molecule has 0 unspecified atom stereocenters. The van der Waals surface area contributed by atoms with Crippen LogP contribution in [-0.2, 0) is 12.5 Å². The van der Waals surface area contributed by atoms with Crippen molar-refractivity contribution in [1.82, 2.24) is 14.1 Å². The molecule has 0 aliphatic carbocycles. The second-order valence-electron chi connectivity index (χ2n) is 12.9. The van der Waals surface area contributed by atoms with Crippen molar-refractivity contribution in [3.63, 3.8) is 0 Å². The van der Waals surface area contributed by atoms with Crippen molar-refractivity contribution in [2.24, 2.45) is 7.05 Å². The van der Waals surface area contributed by atoms with Crippen molar-refractivity contribution in [1.29, 1.82) is 0 Å². The van der Waals surface area contributed by atoms with Crippen LogP contribution in [0.25, 0.3) is 38.5 Å². The molecule has 0 saturated carbocycles. The largest absolute Gasteiger partial charge is 0.457 e. The molecule has 4 aromatic carbocycles. The number of ether oxygens (including phenoxy) is 1. The minimum Gasteiger partial charge on any atom is -0.457 e. The molecule has 0 atom stereocenters. The summed E-state index contributed by atoms with van der Waals surface area (Å²) in [5.74, 6) is 2.50. The zero-order chi connectivity index (χ0) is 30.2. The summed E-state index contributed by atoms with van der Waals surface area (Å²) in [5, 5.41) is 3.49. The fraction of sp³-hybridized carbons (Fsp3) is 0.184. The highest BCUT2D eigenvalue weighted by Crippen LogP contribution is 2.43. The van der Waals surface area contributed by atoms with E-state index >= 15 is 0 Å². The monoisotopic (exact) mass is 577 g/mol. The smallest absolute Gasteiger partial charge is 0.139 e. The first kappa shape index (κ1) is 26.4. The molecule has 0 saturated heterocycles. The summed E-state index contributed by atoms with van der Waals surface area (Å²) < 4.78 is 11.1. The first-order chi connectivity index (χ1) is 21.2. The summed E-state index contributed by atoms with van der Waals surface area (Å²) in [6, 6.07) is 34.4. The van der Waals surface area contributed by atoms with Gasteiger partial charge in [0.15, 0.2) is 0 Å². The number of anilines is 3. The Balaban J connectivity index is 1.25. The van der Waals surface area contributed by atoms with Gasteiger partial charge in [-0.05, 0) is 59.5 Å². The molecule has 0 fully saturated rings. The lowest BCUT2D eigenvalue weighted by atomic mass is 9.86. The summed E-state index contributed by atoms with van der Waals surface area (Å²) in [6.07, 6.45) is 4.03. The van der Waals surface area contributed by atoms with Gasteiger partial charge in [0.25, 0.3) is 0 Å². The molecular weight excluding hydrogens is 542 g/mol. The Hall–Kier alpha value is -5.23. The average molecular weight is 578 g/mol. The van der Waals surface area contributed by atoms with Gasteiger partial charge < -0.3 is 19.1 Å². The van der Waals surface area contributed by atoms with Crippen molar-refractivity contribution in [3.8, 4) is 17.3 Å². The molecule has 6 heteroatoms. The predicted molar refractivity (Wildman–Crippen MR) is 182 cm³/mol. The van der Waals surface area contributed by atoms with E-state index in [1.807, 2.05) is 6.20 Å². The molecule has 0 spiro atoms. The van der Waals surface area contributed by atoms with Crippen LogP contribution in [0.15, 0.2) is 109 Å². The second-order valence-corrected chi connectivity index (χ2v) is 12.9. The van der Waals surface area contributed by atoms with Gasteiger partial charge in [0.2, 0.25) is 0 Å². The third-order valence-corrected chi connectivity index (χ3v) is 8.87. The minimum absolute atomic E-state index is 0.0447. The number of para-hydroxylation sites is 3. The molecule has 0 radical (unpaired) electrons. The molecule has 4 heterocycles. The van der Waals surface area contributed by atoms with Crippen molar-refractivity contribution in [2.75, 3.05) is 23.5 Å². The van der Waals surface area contributed by atoms with Gasteiger partial charge in [0.05, 0.1) is 34.6 Å². The summed E-state index contributed by atoms with van der Waals surface area (Å²) in [6.45, 7) is 7.54. The van der Waals surface area contributed by atoms with E-state index in [-0.39, 0.29) is 5.41 Å². The summed E-state index contributed by atoms with van der Waals surface area (Å²) in [7, 11) is 4.21. The lowest BCUT2D eigenvalue weighted by molar-refractivity contribution is 0.479. The van der Waals surface area contributed by atoms with E-state index in [1.54, 1.807) is 0 Å². The van der Waals surface area contributed by atoms with Crippen molar-refractivity contribution >= 4 is 49.8 Å². The molecule has 1 aliphatic rings. The van der Waals surface area contributed by atoms with Gasteiger partial charge in [-0.3, -0.25) is 4.57 Å². The van der Waals surface area contributed by atoms with Crippen molar-refractivity contribution < 1.29 is 4.74 Å². The lowest BCUT2D eigenvalue weighted by Gasteiger charge is -2.25. The van der Waals surface area contributed by atoms with E-state index in [2.05, 4.69) is 157 Å². The number of pyridine rings is 1. The second kappa shape index (κ2) is 9.64. The Morgan fingerprint density at radius 3 is 2.32 bits per heavy atom. The normalized spacial score (nSPS) is 13.4. The number of nitrogens with zero attached hydrogens (tertiary/aromatic N) is 5. The van der Waals surface area contributed by atoms with E-state index in [1.165, 1.54) is 27.7 Å². The van der Waals surface area contributed by atoms with Gasteiger partial charge >= 0.3 is 0 Å². The first-order valence-electron chi connectivity index (χ1n) is 15.1. The van der Waals surface area contributed by atoms with E-state index in [0.717, 1.165) is 51.6 Å². The fourth-order valence-electron chi connectivity index (χ4n) is 6.50. The molecular formula is C38H35N5O. The summed E-state index contributed by atoms with van der Waals surface area (Å²) in [4.78, 5) is 9.54. The Labute approximate surface area is 257 Å². The molecule has 0 amide bonds. The molecule has 218 valence electrons. The van der Waals surface area contributed by atoms with Crippen LogP contribution in [0.5, 0.6) is 11.5 Å². The van der Waals surface area contributed by atoms with Gasteiger partial charge in [-0.1, -0.05) is 51.1 Å². The fourth-order valence-corrected chi connectivity index (χ4v) is 6.50. The van der Waals surface area contributed by atoms with Gasteiger partial charge in [0, 0.05) is 66.5 Å². The van der Waals surface area contributed by atoms with E-state index in [9.17, 15) is 0 Å². The molecule has 8 rings (SSSR count). The number of hydrogen-bond acceptors (Lipinski definition) is 4. The maximum Gasteiger partial charge on any atom is 0.139 e. The number of hydrogen-bond donors (Lipinski definition) is 0. The molecule has 0 bridgehead atoms. The quantitative estimate of drug-likeness (QED) is 0.209. The summed E-state index contributed by atoms with van der Waals surface area (Å²) in [5.41, 5.74) is 8.08. The van der Waals surface area contributed by atoms with Crippen LogP contribution < -0.4 is 14.5 Å². The average Bonchev–Trinajstić information content (AvgIpc) is 3.67. The van der Waals surface area contributed by atoms with E-state index in [0.29, 0.717) is 0 Å². The molecule has 1 aliphatic heterocycles. The Morgan fingerprint density at radius 1 is 0.705 bits per heavy atom. The lowest BCUT2D eigenvalue weighted by Crippen LogP contribution is -2.24. The highest BCUT2D eigenvalue weighted by Gasteiger charge is 2.26. The Morgan fingerprint density at radius 2 is 1.48 bits per heavy atom. The van der Waals surface area contributed by atoms with Crippen LogP contribution in [0.1, 0.15) is 26.3 Å². The standard InChI is InChI=1S/C38H35N5O/c1-38(2,3)26-18-27(42-24-41(5)33-12-8-9-13-34(33)42)20-29(19-26)44-28-14-15-31-30-10-6-7-11-32(30)43(36(31)21-28)37-22-35-25(23-39-37)16-17-40(35)4/h6-23H,24H2,1-5H3. The van der Waals surface area contributed by atoms with E-state index < -0.39 is 0 Å². The van der Waals surface area contributed by atoms with Gasteiger partial charge in [-0.15, -0.1) is 0 Å². The highest BCUT2D eigenvalue weighted by molar-refractivity contribution is 6.09. The van der Waals surface area contributed by atoms with Crippen molar-refractivity contribution in [2.45, 2.75) is 26.2 Å².